The Morgan fingerprint density at radius 3 is 2.72 bits per heavy atom. The van der Waals surface area contributed by atoms with E-state index in [9.17, 15) is 0 Å². The molecule has 0 amide bonds. The Kier molecular flexibility index (Phi) is 4.01. The van der Waals surface area contributed by atoms with E-state index in [-0.39, 0.29) is 5.54 Å². The quantitative estimate of drug-likeness (QED) is 0.858. The van der Waals surface area contributed by atoms with Crippen LogP contribution in [0.5, 0.6) is 0 Å². The van der Waals surface area contributed by atoms with Gasteiger partial charge in [0.2, 0.25) is 0 Å². The molecule has 100 valence electrons. The number of methoxy groups -OCH3 is 1. The van der Waals surface area contributed by atoms with Crippen LogP contribution in [0.2, 0.25) is 0 Å². The van der Waals surface area contributed by atoms with Crippen molar-refractivity contribution in [1.82, 2.24) is 9.97 Å². The molecule has 1 aliphatic carbocycles. The largest absolute Gasteiger partial charge is 0.384 e. The van der Waals surface area contributed by atoms with Crippen molar-refractivity contribution in [2.45, 2.75) is 51.2 Å². The number of hydrogen-bond donors (Lipinski definition) is 2. The lowest BCUT2D eigenvalue weighted by atomic mass is 9.83. The Hall–Kier alpha value is -1.36. The number of aromatic nitrogens is 2. The number of nitrogens with zero attached hydrogens (tertiary/aromatic N) is 2. The lowest BCUT2D eigenvalue weighted by molar-refractivity contribution is 0.178. The Balaban J connectivity index is 2.12. The summed E-state index contributed by atoms with van der Waals surface area (Å²) in [6.45, 7) is 2.64. The molecule has 0 unspecified atom stereocenters. The molecule has 2 rings (SSSR count). The van der Waals surface area contributed by atoms with Gasteiger partial charge in [-0.25, -0.2) is 9.97 Å². The van der Waals surface area contributed by atoms with Crippen LogP contribution in [-0.4, -0.2) is 22.6 Å². The van der Waals surface area contributed by atoms with Crippen LogP contribution in [0.3, 0.4) is 0 Å². The van der Waals surface area contributed by atoms with Gasteiger partial charge in [-0.2, -0.15) is 0 Å². The molecule has 18 heavy (non-hydrogen) atoms. The van der Waals surface area contributed by atoms with Crippen molar-refractivity contribution in [2.24, 2.45) is 0 Å². The summed E-state index contributed by atoms with van der Waals surface area (Å²) in [5.41, 5.74) is 5.92. The Morgan fingerprint density at radius 1 is 1.33 bits per heavy atom. The third-order valence-electron chi connectivity index (χ3n) is 3.45. The molecule has 1 aromatic rings. The van der Waals surface area contributed by atoms with Gasteiger partial charge in [-0.05, 0) is 19.8 Å². The Bertz CT molecular complexity index is 402. The van der Waals surface area contributed by atoms with Gasteiger partial charge < -0.3 is 15.8 Å². The van der Waals surface area contributed by atoms with Crippen LogP contribution in [0.4, 0.5) is 11.6 Å². The van der Waals surface area contributed by atoms with Crippen molar-refractivity contribution < 1.29 is 4.74 Å². The summed E-state index contributed by atoms with van der Waals surface area (Å²) >= 11 is 0. The van der Waals surface area contributed by atoms with Crippen LogP contribution in [-0.2, 0) is 11.3 Å². The predicted molar refractivity (Wildman–Crippen MR) is 72.3 cm³/mol. The van der Waals surface area contributed by atoms with Crippen LogP contribution < -0.4 is 11.1 Å². The molecule has 5 heteroatoms. The van der Waals surface area contributed by atoms with Crippen LogP contribution in [0.25, 0.3) is 0 Å². The van der Waals surface area contributed by atoms with E-state index in [0.29, 0.717) is 18.2 Å². The van der Waals surface area contributed by atoms with E-state index in [1.54, 1.807) is 13.2 Å². The normalized spacial score (nSPS) is 18.6. The molecule has 0 atom stereocenters. The fourth-order valence-corrected chi connectivity index (χ4v) is 2.54. The van der Waals surface area contributed by atoms with Gasteiger partial charge in [-0.3, -0.25) is 0 Å². The zero-order valence-corrected chi connectivity index (χ0v) is 11.2. The molecule has 0 radical (unpaired) electrons. The molecule has 3 N–H and O–H groups in total. The average Bonchev–Trinajstić information content (AvgIpc) is 2.28. The van der Waals surface area contributed by atoms with Gasteiger partial charge in [0.05, 0.1) is 0 Å². The van der Waals surface area contributed by atoms with Gasteiger partial charge in [0.1, 0.15) is 18.2 Å². The zero-order chi connectivity index (χ0) is 13.0. The minimum atomic E-state index is 0.128. The summed E-state index contributed by atoms with van der Waals surface area (Å²) in [4.78, 5) is 8.58. The van der Waals surface area contributed by atoms with E-state index in [2.05, 4.69) is 22.2 Å². The molecule has 1 aromatic heterocycles. The minimum Gasteiger partial charge on any atom is -0.384 e. The van der Waals surface area contributed by atoms with Crippen LogP contribution in [0.1, 0.15) is 44.9 Å². The van der Waals surface area contributed by atoms with Gasteiger partial charge in [-0.15, -0.1) is 0 Å². The van der Waals surface area contributed by atoms with Crippen molar-refractivity contribution in [3.05, 3.63) is 11.9 Å². The SMILES string of the molecule is COCc1nc(N)cc(NC2(C)CCCCC2)n1. The average molecular weight is 250 g/mol. The topological polar surface area (TPSA) is 73.1 Å². The fourth-order valence-electron chi connectivity index (χ4n) is 2.54. The van der Waals surface area contributed by atoms with Crippen LogP contribution >= 0.6 is 0 Å². The first-order valence-electron chi connectivity index (χ1n) is 6.52. The van der Waals surface area contributed by atoms with E-state index >= 15 is 0 Å². The van der Waals surface area contributed by atoms with Crippen LogP contribution in [0, 0.1) is 0 Å². The monoisotopic (exact) mass is 250 g/mol. The van der Waals surface area contributed by atoms with E-state index in [1.807, 2.05) is 0 Å². The zero-order valence-electron chi connectivity index (χ0n) is 11.2. The number of rotatable bonds is 4. The second-order valence-corrected chi connectivity index (χ2v) is 5.27. The fraction of sp³-hybridized carbons (Fsp3) is 0.692. The van der Waals surface area contributed by atoms with Crippen molar-refractivity contribution in [3.8, 4) is 0 Å². The molecule has 0 bridgehead atoms. The standard InChI is InChI=1S/C13H22N4O/c1-13(6-4-3-5-7-13)17-11-8-10(14)15-12(16-11)9-18-2/h8H,3-7,9H2,1-2H3,(H3,14,15,16,17). The van der Waals surface area contributed by atoms with E-state index < -0.39 is 0 Å². The van der Waals surface area contributed by atoms with Gasteiger partial charge in [0.25, 0.3) is 0 Å². The van der Waals surface area contributed by atoms with Gasteiger partial charge in [0.15, 0.2) is 5.82 Å². The number of nitrogens with one attached hydrogen (secondary N) is 1. The van der Waals surface area contributed by atoms with E-state index in [1.165, 1.54) is 32.1 Å². The summed E-state index contributed by atoms with van der Waals surface area (Å²) in [6.07, 6.45) is 6.23. The highest BCUT2D eigenvalue weighted by Crippen LogP contribution is 2.30. The molecule has 5 nitrogen and oxygen atoms in total. The summed E-state index contributed by atoms with van der Waals surface area (Å²) < 4.78 is 5.04. The number of nitrogens with two attached hydrogens (primary N) is 1. The highest BCUT2D eigenvalue weighted by Gasteiger charge is 2.26. The van der Waals surface area contributed by atoms with Gasteiger partial charge >= 0.3 is 0 Å². The maximum Gasteiger partial charge on any atom is 0.158 e. The summed E-state index contributed by atoms with van der Waals surface area (Å²) in [5.74, 6) is 1.91. The lowest BCUT2D eigenvalue weighted by Crippen LogP contribution is -2.37. The number of ether oxygens (including phenoxy) is 1. The van der Waals surface area contributed by atoms with E-state index in [0.717, 1.165) is 5.82 Å². The van der Waals surface area contributed by atoms with Crippen molar-refractivity contribution in [1.29, 1.82) is 0 Å². The first-order chi connectivity index (χ1) is 8.61. The molecule has 0 aliphatic heterocycles. The van der Waals surface area contributed by atoms with Crippen molar-refractivity contribution in [3.63, 3.8) is 0 Å². The maximum atomic E-state index is 5.79. The predicted octanol–water partition coefficient (Wildman–Crippen LogP) is 2.34. The maximum absolute atomic E-state index is 5.79. The van der Waals surface area contributed by atoms with Crippen molar-refractivity contribution in [2.75, 3.05) is 18.2 Å². The first-order valence-corrected chi connectivity index (χ1v) is 6.52. The Labute approximate surface area is 108 Å². The highest BCUT2D eigenvalue weighted by molar-refractivity contribution is 5.46. The van der Waals surface area contributed by atoms with Gasteiger partial charge in [-0.1, -0.05) is 19.3 Å². The third kappa shape index (κ3) is 3.32. The van der Waals surface area contributed by atoms with E-state index in [4.69, 9.17) is 10.5 Å². The summed E-state index contributed by atoms with van der Waals surface area (Å²) in [5, 5.41) is 3.51. The molecule has 1 aliphatic rings. The second kappa shape index (κ2) is 5.52. The third-order valence-corrected chi connectivity index (χ3v) is 3.45. The lowest BCUT2D eigenvalue weighted by Gasteiger charge is -2.35. The molecular weight excluding hydrogens is 228 g/mol. The molecular formula is C13H22N4O. The second-order valence-electron chi connectivity index (χ2n) is 5.27. The molecule has 1 saturated carbocycles. The molecule has 0 saturated heterocycles. The summed E-state index contributed by atoms with van der Waals surface area (Å²) in [7, 11) is 1.63. The Morgan fingerprint density at radius 2 is 2.06 bits per heavy atom. The summed E-state index contributed by atoms with van der Waals surface area (Å²) in [6, 6.07) is 1.79. The number of nitrogen functional groups attached to an aromatic ring is 1. The molecule has 1 fully saturated rings. The van der Waals surface area contributed by atoms with Gasteiger partial charge in [0, 0.05) is 18.7 Å². The molecule has 0 spiro atoms. The smallest absolute Gasteiger partial charge is 0.158 e. The molecule has 1 heterocycles. The van der Waals surface area contributed by atoms with Crippen molar-refractivity contribution >= 4 is 11.6 Å². The molecule has 0 aromatic carbocycles. The number of anilines is 2. The first kappa shape index (κ1) is 13.1. The minimum absolute atomic E-state index is 0.128. The van der Waals surface area contributed by atoms with Crippen LogP contribution in [0.15, 0.2) is 6.07 Å². The highest BCUT2D eigenvalue weighted by atomic mass is 16.5. The number of hydrogen-bond acceptors (Lipinski definition) is 5.